The summed E-state index contributed by atoms with van der Waals surface area (Å²) < 4.78 is 10.5. The Balaban J connectivity index is 1.14. The molecule has 3 fully saturated rings. The highest BCUT2D eigenvalue weighted by Gasteiger charge is 2.55. The van der Waals surface area contributed by atoms with Gasteiger partial charge in [-0.05, 0) is 83.0 Å². The highest BCUT2D eigenvalue weighted by molar-refractivity contribution is 6.05. The molecule has 0 aromatic heterocycles. The minimum absolute atomic E-state index is 0.200. The topological polar surface area (TPSA) is 55.8 Å². The van der Waals surface area contributed by atoms with Crippen LogP contribution in [0.2, 0.25) is 0 Å². The number of ether oxygens (including phenoxy) is 2. The molecule has 1 spiro atoms. The zero-order valence-electron chi connectivity index (χ0n) is 20.2. The minimum atomic E-state index is -0.312. The van der Waals surface area contributed by atoms with E-state index in [0.29, 0.717) is 16.9 Å². The fourth-order valence-corrected chi connectivity index (χ4v) is 6.18. The molecular weight excluding hydrogens is 438 g/mol. The maximum atomic E-state index is 12.7. The molecular formula is C30H31NO4. The summed E-state index contributed by atoms with van der Waals surface area (Å²) in [6.45, 7) is 2.44. The van der Waals surface area contributed by atoms with E-state index in [1.807, 2.05) is 23.1 Å². The predicted molar refractivity (Wildman–Crippen MR) is 135 cm³/mol. The van der Waals surface area contributed by atoms with Crippen molar-refractivity contribution < 1.29 is 19.1 Å². The van der Waals surface area contributed by atoms with Crippen molar-refractivity contribution in [2.45, 2.75) is 44.1 Å². The van der Waals surface area contributed by atoms with Crippen molar-refractivity contribution in [1.82, 2.24) is 4.90 Å². The van der Waals surface area contributed by atoms with Crippen LogP contribution in [-0.2, 0) is 14.3 Å². The Morgan fingerprint density at radius 2 is 1.77 bits per heavy atom. The number of fused-ring (bicyclic) bond motifs is 1. The molecule has 1 saturated carbocycles. The smallest absolute Gasteiger partial charge is 0.338 e. The molecule has 2 heterocycles. The van der Waals surface area contributed by atoms with Crippen LogP contribution in [0, 0.1) is 5.41 Å². The number of hydrogen-bond acceptors (Lipinski definition) is 4. The largest absolute Gasteiger partial charge is 0.465 e. The maximum Gasteiger partial charge on any atom is 0.338 e. The fourth-order valence-electron chi connectivity index (χ4n) is 6.18. The number of nitrogens with zero attached hydrogens (tertiary/aromatic N) is 1. The molecule has 2 atom stereocenters. The second-order valence-electron chi connectivity index (χ2n) is 10.3. The molecule has 3 aromatic rings. The first kappa shape index (κ1) is 22.3. The normalized spacial score (nSPS) is 22.9. The average molecular weight is 470 g/mol. The number of likely N-dealkylation sites (tertiary alicyclic amines) is 1. The Labute approximate surface area is 206 Å². The molecule has 0 radical (unpaired) electrons. The van der Waals surface area contributed by atoms with Gasteiger partial charge < -0.3 is 14.4 Å². The summed E-state index contributed by atoms with van der Waals surface area (Å²) in [5, 5.41) is 1.93. The number of carbonyl (C=O) groups excluding carboxylic acids is 2. The third kappa shape index (κ3) is 4.02. The van der Waals surface area contributed by atoms with Crippen molar-refractivity contribution in [2.24, 2.45) is 5.41 Å². The number of piperidine rings is 1. The Morgan fingerprint density at radius 3 is 2.49 bits per heavy atom. The third-order valence-corrected chi connectivity index (χ3v) is 8.40. The monoisotopic (exact) mass is 469 g/mol. The number of carbonyl (C=O) groups is 2. The lowest BCUT2D eigenvalue weighted by atomic mass is 9.88. The molecule has 3 aliphatic rings. The van der Waals surface area contributed by atoms with Gasteiger partial charge in [0.1, 0.15) is 6.10 Å². The van der Waals surface area contributed by atoms with E-state index in [2.05, 4.69) is 36.4 Å². The first-order valence-corrected chi connectivity index (χ1v) is 12.7. The van der Waals surface area contributed by atoms with Crippen LogP contribution in [-0.4, -0.2) is 49.7 Å². The number of rotatable bonds is 4. The second-order valence-corrected chi connectivity index (χ2v) is 10.3. The zero-order chi connectivity index (χ0) is 24.0. The van der Waals surface area contributed by atoms with Crippen LogP contribution in [0.4, 0.5) is 0 Å². The molecule has 1 aliphatic carbocycles. The second kappa shape index (κ2) is 8.80. The molecule has 35 heavy (non-hydrogen) atoms. The van der Waals surface area contributed by atoms with Crippen molar-refractivity contribution in [3.05, 3.63) is 71.8 Å². The zero-order valence-corrected chi connectivity index (χ0v) is 20.2. The molecule has 3 aromatic carbocycles. The summed E-state index contributed by atoms with van der Waals surface area (Å²) in [7, 11) is 1.41. The van der Waals surface area contributed by atoms with Gasteiger partial charge in [-0.25, -0.2) is 4.79 Å². The van der Waals surface area contributed by atoms with Gasteiger partial charge >= 0.3 is 5.97 Å². The van der Waals surface area contributed by atoms with Gasteiger partial charge in [0, 0.05) is 19.7 Å². The van der Waals surface area contributed by atoms with Gasteiger partial charge in [-0.15, -0.1) is 0 Å². The number of methoxy groups -OCH3 is 1. The van der Waals surface area contributed by atoms with Crippen LogP contribution in [0.3, 0.4) is 0 Å². The van der Waals surface area contributed by atoms with Crippen molar-refractivity contribution in [3.63, 3.8) is 0 Å². The molecule has 2 aliphatic heterocycles. The van der Waals surface area contributed by atoms with Gasteiger partial charge in [0.2, 0.25) is 0 Å². The molecule has 6 rings (SSSR count). The highest BCUT2D eigenvalue weighted by Crippen LogP contribution is 2.65. The van der Waals surface area contributed by atoms with E-state index in [0.717, 1.165) is 61.7 Å². The first-order chi connectivity index (χ1) is 17.1. The standard InChI is InChI=1S/C30H31NO4/c1-34-29(33)25-5-2-4-23-18-22(11-12-24(23)25)20-7-9-21(10-8-20)26-19-30(26)13-15-31(16-14-30)28(32)27-6-3-17-35-27/h2,4-5,7-12,18,26-27H,3,6,13-17,19H2,1H3. The van der Waals surface area contributed by atoms with Gasteiger partial charge in [-0.2, -0.15) is 0 Å². The van der Waals surface area contributed by atoms with Crippen LogP contribution in [0.1, 0.15) is 53.9 Å². The molecule has 0 bridgehead atoms. The lowest BCUT2D eigenvalue weighted by molar-refractivity contribution is -0.142. The number of amides is 1. The fraction of sp³-hybridized carbons (Fsp3) is 0.400. The lowest BCUT2D eigenvalue weighted by Gasteiger charge is -2.34. The van der Waals surface area contributed by atoms with Crippen molar-refractivity contribution in [1.29, 1.82) is 0 Å². The Morgan fingerprint density at radius 1 is 1.00 bits per heavy atom. The van der Waals surface area contributed by atoms with E-state index < -0.39 is 0 Å². The average Bonchev–Trinajstić information content (AvgIpc) is 3.32. The molecule has 180 valence electrons. The Bertz CT molecular complexity index is 1270. The SMILES string of the molecule is COC(=O)c1cccc2cc(-c3ccc(C4CC45CCN(C(=O)C4CCCO4)CC5)cc3)ccc12. The van der Waals surface area contributed by atoms with E-state index in [4.69, 9.17) is 9.47 Å². The maximum absolute atomic E-state index is 12.7. The van der Waals surface area contributed by atoms with E-state index in [-0.39, 0.29) is 18.0 Å². The highest BCUT2D eigenvalue weighted by atomic mass is 16.5. The minimum Gasteiger partial charge on any atom is -0.465 e. The lowest BCUT2D eigenvalue weighted by Crippen LogP contribution is -2.44. The van der Waals surface area contributed by atoms with Gasteiger partial charge in [-0.3, -0.25) is 4.79 Å². The van der Waals surface area contributed by atoms with Crippen molar-refractivity contribution in [2.75, 3.05) is 26.8 Å². The summed E-state index contributed by atoms with van der Waals surface area (Å²) in [5.41, 5.74) is 4.67. The summed E-state index contributed by atoms with van der Waals surface area (Å²) in [6.07, 6.45) is 5.07. The third-order valence-electron chi connectivity index (χ3n) is 8.40. The molecule has 5 heteroatoms. The van der Waals surface area contributed by atoms with E-state index in [9.17, 15) is 9.59 Å². The van der Waals surface area contributed by atoms with Gasteiger partial charge in [-0.1, -0.05) is 48.5 Å². The van der Waals surface area contributed by atoms with Crippen LogP contribution in [0.15, 0.2) is 60.7 Å². The first-order valence-electron chi connectivity index (χ1n) is 12.7. The Hall–Kier alpha value is -3.18. The Kier molecular flexibility index (Phi) is 5.60. The predicted octanol–water partition coefficient (Wildman–Crippen LogP) is 5.57. The quantitative estimate of drug-likeness (QED) is 0.469. The number of esters is 1. The summed E-state index contributed by atoms with van der Waals surface area (Å²) in [5.74, 6) is 0.483. The van der Waals surface area contributed by atoms with Gasteiger partial charge in [0.05, 0.1) is 12.7 Å². The van der Waals surface area contributed by atoms with Crippen LogP contribution in [0.25, 0.3) is 21.9 Å². The molecule has 1 amide bonds. The van der Waals surface area contributed by atoms with Gasteiger partial charge in [0.25, 0.3) is 5.91 Å². The van der Waals surface area contributed by atoms with E-state index in [1.165, 1.54) is 24.7 Å². The van der Waals surface area contributed by atoms with Crippen molar-refractivity contribution >= 4 is 22.6 Å². The van der Waals surface area contributed by atoms with Crippen LogP contribution in [0.5, 0.6) is 0 Å². The summed E-state index contributed by atoms with van der Waals surface area (Å²) in [4.78, 5) is 26.8. The van der Waals surface area contributed by atoms with E-state index in [1.54, 1.807) is 6.07 Å². The van der Waals surface area contributed by atoms with Crippen molar-refractivity contribution in [3.8, 4) is 11.1 Å². The van der Waals surface area contributed by atoms with E-state index >= 15 is 0 Å². The summed E-state index contributed by atoms with van der Waals surface area (Å²) >= 11 is 0. The van der Waals surface area contributed by atoms with Crippen LogP contribution < -0.4 is 0 Å². The molecule has 5 nitrogen and oxygen atoms in total. The molecule has 2 unspecified atom stereocenters. The van der Waals surface area contributed by atoms with Gasteiger partial charge in [0.15, 0.2) is 0 Å². The summed E-state index contributed by atoms with van der Waals surface area (Å²) in [6, 6.07) is 20.9. The molecule has 2 saturated heterocycles. The van der Waals surface area contributed by atoms with Crippen LogP contribution >= 0.6 is 0 Å². The number of hydrogen-bond donors (Lipinski definition) is 0. The molecule has 0 N–H and O–H groups in total. The number of benzene rings is 3.